The third-order valence-corrected chi connectivity index (χ3v) is 6.02. The summed E-state index contributed by atoms with van der Waals surface area (Å²) >= 11 is 0. The van der Waals surface area contributed by atoms with Gasteiger partial charge in [0.25, 0.3) is 0 Å². The normalized spacial score (nSPS) is 22.4. The van der Waals surface area contributed by atoms with E-state index in [2.05, 4.69) is 0 Å². The molecule has 0 amide bonds. The summed E-state index contributed by atoms with van der Waals surface area (Å²) in [5.41, 5.74) is 7.75. The summed E-state index contributed by atoms with van der Waals surface area (Å²) in [6, 6.07) is 13.2. The summed E-state index contributed by atoms with van der Waals surface area (Å²) in [5, 5.41) is 0. The number of nitrogens with two attached hydrogens (primary N) is 1. The molecule has 122 valence electrons. The molecule has 0 bridgehead atoms. The van der Waals surface area contributed by atoms with Crippen molar-refractivity contribution in [2.24, 2.45) is 5.73 Å². The van der Waals surface area contributed by atoms with Crippen molar-refractivity contribution in [1.29, 1.82) is 0 Å². The van der Waals surface area contributed by atoms with E-state index >= 15 is 0 Å². The van der Waals surface area contributed by atoms with Crippen LogP contribution < -0.4 is 5.73 Å². The molecule has 0 unspecified atom stereocenters. The maximum Gasteiger partial charge on any atom is 0.243 e. The van der Waals surface area contributed by atoms with E-state index in [-0.39, 0.29) is 23.4 Å². The van der Waals surface area contributed by atoms with Crippen molar-refractivity contribution in [3.8, 4) is 0 Å². The van der Waals surface area contributed by atoms with Gasteiger partial charge in [-0.2, -0.15) is 4.31 Å². The molecular formula is C17H19FN2O2S. The molecule has 2 atom stereocenters. The fraction of sp³-hybridized carbons (Fsp3) is 0.294. The smallest absolute Gasteiger partial charge is 0.243 e. The third-order valence-electron chi connectivity index (χ3n) is 4.21. The van der Waals surface area contributed by atoms with E-state index in [0.29, 0.717) is 12.1 Å². The number of nitrogens with zero attached hydrogens (tertiary/aromatic N) is 1. The molecule has 2 aromatic carbocycles. The molecule has 1 heterocycles. The van der Waals surface area contributed by atoms with Crippen LogP contribution in [0.4, 0.5) is 4.39 Å². The third kappa shape index (κ3) is 3.15. The number of sulfonamides is 1. The second-order valence-corrected chi connectivity index (χ2v) is 7.91. The maximum absolute atomic E-state index is 13.6. The van der Waals surface area contributed by atoms with E-state index in [9.17, 15) is 12.8 Å². The quantitative estimate of drug-likeness (QED) is 0.936. The number of benzene rings is 2. The molecule has 0 aliphatic carbocycles. The molecule has 1 aliphatic heterocycles. The average molecular weight is 334 g/mol. The van der Waals surface area contributed by atoms with E-state index in [1.165, 1.54) is 16.4 Å². The Labute approximate surface area is 135 Å². The van der Waals surface area contributed by atoms with Crippen molar-refractivity contribution < 1.29 is 12.8 Å². The lowest BCUT2D eigenvalue weighted by Gasteiger charge is -2.17. The van der Waals surface area contributed by atoms with Crippen LogP contribution in [0.1, 0.15) is 17.0 Å². The van der Waals surface area contributed by atoms with Gasteiger partial charge in [0.15, 0.2) is 0 Å². The van der Waals surface area contributed by atoms with Gasteiger partial charge < -0.3 is 5.73 Å². The first kappa shape index (κ1) is 16.1. The first-order valence-corrected chi connectivity index (χ1v) is 8.90. The van der Waals surface area contributed by atoms with Crippen LogP contribution in [0.2, 0.25) is 0 Å². The summed E-state index contributed by atoms with van der Waals surface area (Å²) < 4.78 is 40.4. The maximum atomic E-state index is 13.6. The summed E-state index contributed by atoms with van der Waals surface area (Å²) in [4.78, 5) is -0.0177. The van der Waals surface area contributed by atoms with Crippen LogP contribution in [0, 0.1) is 12.7 Å². The molecule has 6 heteroatoms. The summed E-state index contributed by atoms with van der Waals surface area (Å²) in [5.74, 6) is -0.604. The Balaban J connectivity index is 1.90. The van der Waals surface area contributed by atoms with Gasteiger partial charge in [-0.05, 0) is 36.2 Å². The van der Waals surface area contributed by atoms with E-state index in [1.54, 1.807) is 6.92 Å². The number of rotatable bonds is 3. The van der Waals surface area contributed by atoms with Crippen LogP contribution in [0.25, 0.3) is 0 Å². The van der Waals surface area contributed by atoms with Crippen LogP contribution in [0.3, 0.4) is 0 Å². The lowest BCUT2D eigenvalue weighted by Crippen LogP contribution is -2.32. The predicted molar refractivity (Wildman–Crippen MR) is 87.1 cm³/mol. The van der Waals surface area contributed by atoms with E-state index < -0.39 is 15.8 Å². The minimum Gasteiger partial charge on any atom is -0.326 e. The molecule has 0 spiro atoms. The van der Waals surface area contributed by atoms with Crippen LogP contribution in [-0.2, 0) is 10.0 Å². The molecule has 0 saturated carbocycles. The van der Waals surface area contributed by atoms with Crippen LogP contribution >= 0.6 is 0 Å². The number of halogens is 1. The zero-order chi connectivity index (χ0) is 16.6. The van der Waals surface area contributed by atoms with E-state index in [4.69, 9.17) is 5.73 Å². The van der Waals surface area contributed by atoms with Gasteiger partial charge in [-0.15, -0.1) is 0 Å². The molecule has 3 rings (SSSR count). The van der Waals surface area contributed by atoms with Crippen molar-refractivity contribution in [2.75, 3.05) is 13.1 Å². The molecule has 1 fully saturated rings. The average Bonchev–Trinajstić information content (AvgIpc) is 2.90. The molecule has 0 aromatic heterocycles. The van der Waals surface area contributed by atoms with Crippen molar-refractivity contribution in [2.45, 2.75) is 23.8 Å². The molecule has 4 nitrogen and oxygen atoms in total. The highest BCUT2D eigenvalue weighted by Gasteiger charge is 2.38. The van der Waals surface area contributed by atoms with Crippen LogP contribution in [-0.4, -0.2) is 31.9 Å². The monoisotopic (exact) mass is 334 g/mol. The number of hydrogen-bond acceptors (Lipinski definition) is 3. The number of hydrogen-bond donors (Lipinski definition) is 1. The van der Waals surface area contributed by atoms with Gasteiger partial charge in [0, 0.05) is 25.0 Å². The predicted octanol–water partition coefficient (Wildman–Crippen LogP) is 2.25. The van der Waals surface area contributed by atoms with Gasteiger partial charge in [0.1, 0.15) is 5.82 Å². The highest BCUT2D eigenvalue weighted by atomic mass is 32.2. The zero-order valence-corrected chi connectivity index (χ0v) is 13.6. The molecule has 2 aromatic rings. The largest absolute Gasteiger partial charge is 0.326 e. The molecule has 2 N–H and O–H groups in total. The summed E-state index contributed by atoms with van der Waals surface area (Å²) in [6.07, 6.45) is 0. The highest BCUT2D eigenvalue weighted by Crippen LogP contribution is 2.30. The fourth-order valence-electron chi connectivity index (χ4n) is 3.04. The topological polar surface area (TPSA) is 63.4 Å². The Morgan fingerprint density at radius 3 is 2.48 bits per heavy atom. The van der Waals surface area contributed by atoms with Crippen molar-refractivity contribution in [1.82, 2.24) is 4.31 Å². The Morgan fingerprint density at radius 1 is 1.13 bits per heavy atom. The summed E-state index contributed by atoms with van der Waals surface area (Å²) in [7, 11) is -3.74. The van der Waals surface area contributed by atoms with Crippen LogP contribution in [0.15, 0.2) is 53.4 Å². The first-order chi connectivity index (χ1) is 10.9. The van der Waals surface area contributed by atoms with E-state index in [1.807, 2.05) is 30.3 Å². The summed E-state index contributed by atoms with van der Waals surface area (Å²) in [6.45, 7) is 2.21. The lowest BCUT2D eigenvalue weighted by molar-refractivity contribution is 0.469. The van der Waals surface area contributed by atoms with Gasteiger partial charge in [-0.25, -0.2) is 12.8 Å². The van der Waals surface area contributed by atoms with Gasteiger partial charge >= 0.3 is 0 Å². The first-order valence-electron chi connectivity index (χ1n) is 7.46. The Kier molecular flexibility index (Phi) is 4.23. The van der Waals surface area contributed by atoms with Gasteiger partial charge in [0.05, 0.1) is 4.90 Å². The van der Waals surface area contributed by atoms with Crippen molar-refractivity contribution >= 4 is 10.0 Å². The Hall–Kier alpha value is -1.76. The highest BCUT2D eigenvalue weighted by molar-refractivity contribution is 7.89. The van der Waals surface area contributed by atoms with Gasteiger partial charge in [-0.1, -0.05) is 30.3 Å². The Morgan fingerprint density at radius 2 is 1.83 bits per heavy atom. The lowest BCUT2D eigenvalue weighted by atomic mass is 9.95. The van der Waals surface area contributed by atoms with E-state index in [0.717, 1.165) is 11.6 Å². The number of aryl methyl sites for hydroxylation is 1. The standard InChI is InChI=1S/C17H19FN2O2S/c1-12-7-14(18)9-15(8-12)23(21,22)20-10-16(17(19)11-20)13-5-3-2-4-6-13/h2-9,16-17H,10-11,19H2,1H3/t16-,17+/m0/s1. The molecule has 1 saturated heterocycles. The minimum atomic E-state index is -3.74. The van der Waals surface area contributed by atoms with Gasteiger partial charge in [0.2, 0.25) is 10.0 Å². The van der Waals surface area contributed by atoms with Gasteiger partial charge in [-0.3, -0.25) is 0 Å². The molecule has 1 aliphatic rings. The second kappa shape index (κ2) is 6.03. The fourth-order valence-corrected chi connectivity index (χ4v) is 4.66. The zero-order valence-electron chi connectivity index (χ0n) is 12.8. The van der Waals surface area contributed by atoms with Crippen LogP contribution in [0.5, 0.6) is 0 Å². The SMILES string of the molecule is Cc1cc(F)cc(S(=O)(=O)N2C[C@@H](N)[C@H](c3ccccc3)C2)c1. The molecular weight excluding hydrogens is 315 g/mol. The van der Waals surface area contributed by atoms with Crippen molar-refractivity contribution in [3.05, 3.63) is 65.5 Å². The van der Waals surface area contributed by atoms with Crippen molar-refractivity contribution in [3.63, 3.8) is 0 Å². The Bertz CT molecular complexity index is 788. The molecule has 0 radical (unpaired) electrons. The minimum absolute atomic E-state index is 0.0177. The molecule has 23 heavy (non-hydrogen) atoms. The second-order valence-electron chi connectivity index (χ2n) is 5.97.